The molecule has 0 radical (unpaired) electrons. The van der Waals surface area contributed by atoms with Crippen LogP contribution in [0.5, 0.6) is 5.75 Å². The van der Waals surface area contributed by atoms with E-state index in [-0.39, 0.29) is 5.75 Å². The van der Waals surface area contributed by atoms with Gasteiger partial charge in [-0.15, -0.1) is 0 Å². The van der Waals surface area contributed by atoms with Gasteiger partial charge in [-0.05, 0) is 83.0 Å². The first-order valence-corrected chi connectivity index (χ1v) is 17.7. The van der Waals surface area contributed by atoms with E-state index in [1.54, 1.807) is 12.1 Å². The fraction of sp³-hybridized carbons (Fsp3) is 0.0213. The zero-order chi connectivity index (χ0) is 36.6. The first-order valence-electron chi connectivity index (χ1n) is 17.7. The number of nitrogens with one attached hydrogen (secondary N) is 2. The summed E-state index contributed by atoms with van der Waals surface area (Å²) in [5.41, 5.74) is 14.6. The van der Waals surface area contributed by atoms with E-state index < -0.39 is 11.8 Å². The summed E-state index contributed by atoms with van der Waals surface area (Å²) in [6, 6.07) is 46.4. The van der Waals surface area contributed by atoms with Crippen LogP contribution < -0.4 is 4.74 Å². The number of ether oxygens (including phenoxy) is 1. The van der Waals surface area contributed by atoms with Crippen molar-refractivity contribution in [1.82, 2.24) is 19.9 Å². The molecule has 0 saturated heterocycles. The number of carbonyl (C=O) groups is 2. The van der Waals surface area contributed by atoms with Gasteiger partial charge in [0.25, 0.3) is 0 Å². The Bertz CT molecular complexity index is 2780. The van der Waals surface area contributed by atoms with Crippen molar-refractivity contribution < 1.29 is 14.3 Å². The lowest BCUT2D eigenvalue weighted by Gasteiger charge is -2.07. The first kappa shape index (κ1) is 32.5. The largest absolute Gasteiger partial charge is 0.421 e. The number of rotatable bonds is 6. The molecule has 7 nitrogen and oxygen atoms in total. The van der Waals surface area contributed by atoms with Crippen LogP contribution in [0.4, 0.5) is 0 Å². The molecule has 2 aliphatic rings. The number of benzene rings is 4. The highest BCUT2D eigenvalue weighted by Crippen LogP contribution is 2.38. The van der Waals surface area contributed by atoms with Crippen molar-refractivity contribution in [3.63, 3.8) is 0 Å². The van der Waals surface area contributed by atoms with Crippen molar-refractivity contribution in [1.29, 1.82) is 0 Å². The summed E-state index contributed by atoms with van der Waals surface area (Å²) in [7, 11) is 0. The normalized spacial score (nSPS) is 11.8. The van der Waals surface area contributed by atoms with Gasteiger partial charge in [0.15, 0.2) is 0 Å². The lowest BCUT2D eigenvalue weighted by Crippen LogP contribution is -2.16. The highest BCUT2D eigenvalue weighted by atomic mass is 16.5. The molecule has 2 aliphatic heterocycles. The third kappa shape index (κ3) is 6.03. The van der Waals surface area contributed by atoms with Gasteiger partial charge in [-0.1, -0.05) is 103 Å². The van der Waals surface area contributed by atoms with Crippen molar-refractivity contribution in [2.24, 2.45) is 0 Å². The summed E-state index contributed by atoms with van der Waals surface area (Å²) < 4.78 is 5.28. The highest BCUT2D eigenvalue weighted by molar-refractivity contribution is 6.33. The molecule has 0 saturated carbocycles. The maximum absolute atomic E-state index is 12.0. The third-order valence-electron chi connectivity index (χ3n) is 9.58. The van der Waals surface area contributed by atoms with E-state index in [1.165, 1.54) is 6.92 Å². The monoisotopic (exact) mass is 700 g/mol. The molecule has 7 aromatic rings. The number of hydrogen-bond donors (Lipinski definition) is 2. The molecule has 7 heteroatoms. The van der Waals surface area contributed by atoms with Gasteiger partial charge in [0.1, 0.15) is 5.75 Å². The number of nitrogens with zero attached hydrogens (tertiary/aromatic N) is 2. The molecule has 0 atom stereocenters. The second-order valence-corrected chi connectivity index (χ2v) is 13.1. The fourth-order valence-corrected chi connectivity index (χ4v) is 7.10. The van der Waals surface area contributed by atoms with Crippen LogP contribution >= 0.6 is 0 Å². The van der Waals surface area contributed by atoms with Crippen LogP contribution in [-0.4, -0.2) is 31.7 Å². The summed E-state index contributed by atoms with van der Waals surface area (Å²) in [6.45, 7) is 1.19. The van der Waals surface area contributed by atoms with Crippen LogP contribution in [0.1, 0.15) is 29.7 Å². The number of H-pyrrole nitrogens is 2. The second-order valence-electron chi connectivity index (χ2n) is 13.1. The Labute approximate surface area is 311 Å². The quantitative estimate of drug-likeness (QED) is 0.102. The predicted octanol–water partition coefficient (Wildman–Crippen LogP) is 10.8. The number of aromatic amines is 2. The Hall–Kier alpha value is -7.38. The van der Waals surface area contributed by atoms with Crippen molar-refractivity contribution >= 4 is 58.1 Å². The lowest BCUT2D eigenvalue weighted by molar-refractivity contribution is -0.146. The van der Waals surface area contributed by atoms with E-state index in [9.17, 15) is 9.59 Å². The van der Waals surface area contributed by atoms with E-state index in [2.05, 4.69) is 88.9 Å². The van der Waals surface area contributed by atoms with E-state index >= 15 is 0 Å². The van der Waals surface area contributed by atoms with Gasteiger partial charge in [-0.3, -0.25) is 4.79 Å². The molecule has 2 N–H and O–H groups in total. The molecule has 0 spiro atoms. The lowest BCUT2D eigenvalue weighted by atomic mass is 10.0. The minimum atomic E-state index is -0.908. The van der Waals surface area contributed by atoms with Crippen LogP contribution in [0.2, 0.25) is 0 Å². The summed E-state index contributed by atoms with van der Waals surface area (Å²) in [5, 5.41) is 0. The average molecular weight is 701 g/mol. The number of aromatic nitrogens is 4. The number of esters is 1. The van der Waals surface area contributed by atoms with E-state index in [0.29, 0.717) is 0 Å². The van der Waals surface area contributed by atoms with Gasteiger partial charge < -0.3 is 14.7 Å². The van der Waals surface area contributed by atoms with Gasteiger partial charge in [0.2, 0.25) is 5.78 Å². The zero-order valence-electron chi connectivity index (χ0n) is 29.2. The Balaban J connectivity index is 1.41. The summed E-state index contributed by atoms with van der Waals surface area (Å²) in [4.78, 5) is 41.8. The van der Waals surface area contributed by atoms with Crippen LogP contribution in [0.25, 0.3) is 90.9 Å². The van der Waals surface area contributed by atoms with Gasteiger partial charge in [0.05, 0.1) is 22.8 Å². The molecule has 0 unspecified atom stereocenters. The molecule has 9 rings (SSSR count). The first-order chi connectivity index (χ1) is 26.5. The van der Waals surface area contributed by atoms with Crippen LogP contribution in [0.15, 0.2) is 140 Å². The molecule has 5 heterocycles. The van der Waals surface area contributed by atoms with Crippen molar-refractivity contribution in [3.05, 3.63) is 162 Å². The minimum Gasteiger partial charge on any atom is -0.421 e. The Morgan fingerprint density at radius 2 is 0.741 bits per heavy atom. The number of hydrogen-bond acceptors (Lipinski definition) is 5. The number of carbonyl (C=O) groups excluding carboxylic acids is 2. The predicted molar refractivity (Wildman–Crippen MR) is 217 cm³/mol. The van der Waals surface area contributed by atoms with Gasteiger partial charge in [-0.2, -0.15) is 0 Å². The molecular weight excluding hydrogens is 669 g/mol. The number of ketones is 1. The van der Waals surface area contributed by atoms with Crippen LogP contribution in [-0.2, 0) is 9.59 Å². The molecule has 258 valence electrons. The van der Waals surface area contributed by atoms with E-state index in [4.69, 9.17) is 14.7 Å². The van der Waals surface area contributed by atoms with Gasteiger partial charge in [-0.25, -0.2) is 14.8 Å². The smallest absolute Gasteiger partial charge is 0.379 e. The van der Waals surface area contributed by atoms with Crippen molar-refractivity contribution in [3.8, 4) is 50.3 Å². The second kappa shape index (κ2) is 13.6. The molecule has 54 heavy (non-hydrogen) atoms. The topological polar surface area (TPSA) is 101 Å². The molecule has 8 bridgehead atoms. The van der Waals surface area contributed by atoms with Gasteiger partial charge in [0, 0.05) is 51.2 Å². The molecule has 3 aromatic heterocycles. The van der Waals surface area contributed by atoms with Crippen LogP contribution in [0, 0.1) is 0 Å². The summed E-state index contributed by atoms with van der Waals surface area (Å²) in [6.07, 6.45) is 8.26. The Morgan fingerprint density at radius 1 is 0.426 bits per heavy atom. The fourth-order valence-electron chi connectivity index (χ4n) is 7.10. The van der Waals surface area contributed by atoms with E-state index in [0.717, 1.165) is 89.4 Å². The highest BCUT2D eigenvalue weighted by Gasteiger charge is 2.19. The summed E-state index contributed by atoms with van der Waals surface area (Å²) >= 11 is 0. The molecule has 0 fully saturated rings. The third-order valence-corrected chi connectivity index (χ3v) is 9.58. The minimum absolute atomic E-state index is 0.280. The van der Waals surface area contributed by atoms with Gasteiger partial charge >= 0.3 is 5.97 Å². The Morgan fingerprint density at radius 3 is 1.06 bits per heavy atom. The van der Waals surface area contributed by atoms with Crippen molar-refractivity contribution in [2.75, 3.05) is 0 Å². The molecule has 0 aliphatic carbocycles. The summed E-state index contributed by atoms with van der Waals surface area (Å²) in [5.74, 6) is -1.29. The maximum atomic E-state index is 12.0. The molecule has 0 amide bonds. The molecular formula is C47H32N4O3. The number of Topliss-reactive ketones (excluding diaryl/α,β-unsaturated/α-hetero) is 1. The SMILES string of the molecule is CC(=O)C(=O)Oc1ccc(-c2c3nc(c(-c4ccccc4)c4ccc([nH]4)c(-c4ccccc4)c4nc(c(-c5ccccc5)c5ccc2[nH]5)C=C4)C=C3)cc1. The van der Waals surface area contributed by atoms with Crippen molar-refractivity contribution in [2.45, 2.75) is 6.92 Å². The van der Waals surface area contributed by atoms with E-state index in [1.807, 2.05) is 72.8 Å². The maximum Gasteiger partial charge on any atom is 0.379 e. The van der Waals surface area contributed by atoms with Crippen LogP contribution in [0.3, 0.4) is 0 Å². The Kier molecular flexibility index (Phi) is 8.21. The number of fused-ring (bicyclic) bond motifs is 8. The average Bonchev–Trinajstić information content (AvgIpc) is 4.05. The standard InChI is InChI=1S/C47H32N4O3/c1-29(52)47(53)54-34-19-17-33(18-20-34)46-41-27-25-39(50-41)44(31-13-7-3-8-14-31)37-23-21-35(48-37)43(30-11-5-2-6-12-30)36-22-24-38(49-36)45(32-15-9-4-10-16-32)40-26-28-42(46)51-40/h2-28,48,51H,1H3. The zero-order valence-corrected chi connectivity index (χ0v) is 29.2. The molecule has 4 aromatic carbocycles.